The number of pyridine rings is 1. The van der Waals surface area contributed by atoms with Crippen molar-refractivity contribution >= 4 is 0 Å². The van der Waals surface area contributed by atoms with Gasteiger partial charge in [-0.25, -0.2) is 0 Å². The van der Waals surface area contributed by atoms with Gasteiger partial charge in [-0.3, -0.25) is 9.88 Å². The van der Waals surface area contributed by atoms with Gasteiger partial charge in [0.05, 0.1) is 5.69 Å². The van der Waals surface area contributed by atoms with Crippen LogP contribution in [-0.2, 0) is 30.5 Å². The summed E-state index contributed by atoms with van der Waals surface area (Å²) < 4.78 is 0. The molecular formula is C30H38N2O2-2. The first-order chi connectivity index (χ1) is 15.8. The molecule has 0 radical (unpaired) electrons. The van der Waals surface area contributed by atoms with Crippen LogP contribution in [0.5, 0.6) is 11.5 Å². The number of benzene rings is 2. The zero-order valence-electron chi connectivity index (χ0n) is 22.0. The molecule has 0 saturated carbocycles. The fraction of sp³-hybridized carbons (Fsp3) is 0.433. The molecule has 0 amide bonds. The van der Waals surface area contributed by atoms with Gasteiger partial charge in [0.15, 0.2) is 0 Å². The van der Waals surface area contributed by atoms with Gasteiger partial charge in [0, 0.05) is 25.8 Å². The lowest BCUT2D eigenvalue weighted by molar-refractivity contribution is -0.271. The van der Waals surface area contributed by atoms with Crippen molar-refractivity contribution in [1.29, 1.82) is 0 Å². The minimum absolute atomic E-state index is 0.0890. The van der Waals surface area contributed by atoms with Gasteiger partial charge in [-0.05, 0) is 59.1 Å². The second-order valence-electron chi connectivity index (χ2n) is 11.6. The Balaban J connectivity index is 2.04. The SMILES string of the molecule is Cc1cc(CN(Cc2ccccn2)Cc2cc(C)cc(C(C)(C)C)c2[O-])c([O-])c(C(C)(C)C)c1. The number of aryl methyl sites for hydroxylation is 2. The lowest BCUT2D eigenvalue weighted by Gasteiger charge is -2.33. The van der Waals surface area contributed by atoms with Crippen molar-refractivity contribution in [3.05, 3.63) is 87.7 Å². The van der Waals surface area contributed by atoms with Crippen LogP contribution in [0.3, 0.4) is 0 Å². The lowest BCUT2D eigenvalue weighted by atomic mass is 9.83. The molecule has 2 aromatic carbocycles. The predicted octanol–water partition coefficient (Wildman–Crippen LogP) is 5.64. The molecule has 3 rings (SSSR count). The molecule has 0 saturated heterocycles. The van der Waals surface area contributed by atoms with Crippen molar-refractivity contribution < 1.29 is 10.2 Å². The van der Waals surface area contributed by atoms with Gasteiger partial charge in [-0.2, -0.15) is 0 Å². The van der Waals surface area contributed by atoms with Crippen LogP contribution in [0.2, 0.25) is 0 Å². The van der Waals surface area contributed by atoms with Gasteiger partial charge in [-0.15, -0.1) is 11.5 Å². The predicted molar refractivity (Wildman–Crippen MR) is 136 cm³/mol. The van der Waals surface area contributed by atoms with Crippen molar-refractivity contribution in [2.45, 2.75) is 85.9 Å². The first-order valence-electron chi connectivity index (χ1n) is 12.0. The molecule has 0 unspecified atom stereocenters. The van der Waals surface area contributed by atoms with E-state index in [2.05, 4.69) is 51.4 Å². The zero-order valence-corrected chi connectivity index (χ0v) is 22.0. The maximum atomic E-state index is 13.4. The van der Waals surface area contributed by atoms with Gasteiger partial charge in [0.25, 0.3) is 0 Å². The van der Waals surface area contributed by atoms with Crippen LogP contribution in [0, 0.1) is 13.8 Å². The zero-order chi connectivity index (χ0) is 25.3. The van der Waals surface area contributed by atoms with Gasteiger partial charge in [0.1, 0.15) is 0 Å². The molecule has 0 aliphatic heterocycles. The molecule has 3 aromatic rings. The average molecular weight is 459 g/mol. The first kappa shape index (κ1) is 25.8. The van der Waals surface area contributed by atoms with Crippen molar-refractivity contribution in [2.75, 3.05) is 0 Å². The Hall–Kier alpha value is -2.85. The summed E-state index contributed by atoms with van der Waals surface area (Å²) in [7, 11) is 0. The molecular weight excluding hydrogens is 420 g/mol. The second kappa shape index (κ2) is 9.79. The van der Waals surface area contributed by atoms with Crippen LogP contribution in [-0.4, -0.2) is 9.88 Å². The molecule has 0 fully saturated rings. The monoisotopic (exact) mass is 458 g/mol. The highest BCUT2D eigenvalue weighted by Gasteiger charge is 2.20. The standard InChI is InChI=1S/C30H40N2O2/c1-20-13-22(27(33)25(15-20)29(3,4)5)17-32(19-24-11-9-10-12-31-24)18-23-14-21(2)16-26(28(23)34)30(6,7)8/h9-16,33-34H,17-19H2,1-8H3/p-2. The van der Waals surface area contributed by atoms with Crippen molar-refractivity contribution in [3.63, 3.8) is 0 Å². The number of hydrogen-bond donors (Lipinski definition) is 0. The number of rotatable bonds is 6. The van der Waals surface area contributed by atoms with E-state index in [9.17, 15) is 10.2 Å². The highest BCUT2D eigenvalue weighted by molar-refractivity contribution is 5.47. The molecule has 0 spiro atoms. The van der Waals surface area contributed by atoms with Gasteiger partial charge >= 0.3 is 0 Å². The normalized spacial score (nSPS) is 12.4. The van der Waals surface area contributed by atoms with Crippen LogP contribution in [0.4, 0.5) is 0 Å². The molecule has 0 bridgehead atoms. The smallest absolute Gasteiger partial charge is 0.0544 e. The van der Waals surface area contributed by atoms with Crippen LogP contribution >= 0.6 is 0 Å². The topological polar surface area (TPSA) is 62.2 Å². The Morgan fingerprint density at radius 1 is 0.706 bits per heavy atom. The summed E-state index contributed by atoms with van der Waals surface area (Å²) in [5, 5.41) is 26.8. The van der Waals surface area contributed by atoms with E-state index in [0.29, 0.717) is 19.6 Å². The van der Waals surface area contributed by atoms with E-state index in [1.807, 2.05) is 56.3 Å². The molecule has 4 heteroatoms. The molecule has 182 valence electrons. The molecule has 4 nitrogen and oxygen atoms in total. The summed E-state index contributed by atoms with van der Waals surface area (Å²) >= 11 is 0. The molecule has 0 atom stereocenters. The lowest BCUT2D eigenvalue weighted by Crippen LogP contribution is -2.26. The van der Waals surface area contributed by atoms with Crippen LogP contribution < -0.4 is 10.2 Å². The van der Waals surface area contributed by atoms with E-state index in [-0.39, 0.29) is 22.3 Å². The van der Waals surface area contributed by atoms with Crippen LogP contribution in [0.1, 0.15) is 80.6 Å². The summed E-state index contributed by atoms with van der Waals surface area (Å²) in [5.41, 5.74) is 5.78. The van der Waals surface area contributed by atoms with E-state index >= 15 is 0 Å². The second-order valence-corrected chi connectivity index (χ2v) is 11.6. The van der Waals surface area contributed by atoms with E-state index in [1.54, 1.807) is 6.20 Å². The summed E-state index contributed by atoms with van der Waals surface area (Å²) in [6, 6.07) is 13.8. The Morgan fingerprint density at radius 2 is 1.18 bits per heavy atom. The highest BCUT2D eigenvalue weighted by atomic mass is 16.3. The number of nitrogens with zero attached hydrogens (tertiary/aromatic N) is 2. The molecule has 0 N–H and O–H groups in total. The Kier molecular flexibility index (Phi) is 7.42. The maximum absolute atomic E-state index is 13.4. The summed E-state index contributed by atoms with van der Waals surface area (Å²) in [4.78, 5) is 6.66. The Morgan fingerprint density at radius 3 is 1.56 bits per heavy atom. The van der Waals surface area contributed by atoms with E-state index in [0.717, 1.165) is 39.1 Å². The summed E-state index contributed by atoms with van der Waals surface area (Å²) in [6.07, 6.45) is 1.78. The fourth-order valence-electron chi connectivity index (χ4n) is 4.42. The molecule has 0 aliphatic carbocycles. The fourth-order valence-corrected chi connectivity index (χ4v) is 4.42. The first-order valence-corrected chi connectivity index (χ1v) is 12.0. The number of hydrogen-bond acceptors (Lipinski definition) is 4. The molecule has 0 aliphatic rings. The van der Waals surface area contributed by atoms with E-state index < -0.39 is 0 Å². The minimum Gasteiger partial charge on any atom is -0.872 e. The molecule has 1 heterocycles. The van der Waals surface area contributed by atoms with Gasteiger partial charge in [0.2, 0.25) is 0 Å². The third-order valence-electron chi connectivity index (χ3n) is 6.14. The third-order valence-corrected chi connectivity index (χ3v) is 6.14. The quantitative estimate of drug-likeness (QED) is 0.479. The van der Waals surface area contributed by atoms with Crippen LogP contribution in [0.25, 0.3) is 0 Å². The Labute approximate surface area is 205 Å². The van der Waals surface area contributed by atoms with E-state index in [4.69, 9.17) is 0 Å². The number of aromatic nitrogens is 1. The van der Waals surface area contributed by atoms with Crippen LogP contribution in [0.15, 0.2) is 48.7 Å². The average Bonchev–Trinajstić information content (AvgIpc) is 2.72. The largest absolute Gasteiger partial charge is 0.872 e. The summed E-state index contributed by atoms with van der Waals surface area (Å²) in [5.74, 6) is 0.178. The van der Waals surface area contributed by atoms with Gasteiger partial charge < -0.3 is 10.2 Å². The molecule has 1 aromatic heterocycles. The van der Waals surface area contributed by atoms with Crippen molar-refractivity contribution in [1.82, 2.24) is 9.88 Å². The molecule has 34 heavy (non-hydrogen) atoms. The minimum atomic E-state index is -0.232. The van der Waals surface area contributed by atoms with Gasteiger partial charge in [-0.1, -0.05) is 83.0 Å². The maximum Gasteiger partial charge on any atom is 0.0544 e. The van der Waals surface area contributed by atoms with Crippen molar-refractivity contribution in [3.8, 4) is 11.5 Å². The Bertz CT molecular complexity index is 1070. The third kappa shape index (κ3) is 6.18. The van der Waals surface area contributed by atoms with Crippen molar-refractivity contribution in [2.24, 2.45) is 0 Å². The van der Waals surface area contributed by atoms with E-state index in [1.165, 1.54) is 0 Å². The highest BCUT2D eigenvalue weighted by Crippen LogP contribution is 2.35. The summed E-state index contributed by atoms with van der Waals surface area (Å²) in [6.45, 7) is 18.0.